The fraction of sp³-hybridized carbons (Fsp3) is 0. The van der Waals surface area contributed by atoms with Gasteiger partial charge < -0.3 is 5.73 Å². The van der Waals surface area contributed by atoms with Crippen LogP contribution in [0.1, 0.15) is 0 Å². The first kappa shape index (κ1) is 8.89. The van der Waals surface area contributed by atoms with Crippen LogP contribution in [-0.2, 0) is 0 Å². The van der Waals surface area contributed by atoms with E-state index in [1.54, 1.807) is 18.5 Å². The minimum atomic E-state index is 0.407. The molecule has 0 saturated carbocycles. The molecule has 70 valence electrons. The molecule has 2 N–H and O–H groups in total. The summed E-state index contributed by atoms with van der Waals surface area (Å²) in [6.45, 7) is 0. The van der Waals surface area contributed by atoms with Crippen LogP contribution in [-0.4, -0.2) is 19.9 Å². The molecule has 0 bridgehead atoms. The average Bonchev–Trinajstić information content (AvgIpc) is 2.19. The Morgan fingerprint density at radius 1 is 1.14 bits per heavy atom. The molecular weight excluding hydrogens is 198 g/mol. The zero-order valence-electron chi connectivity index (χ0n) is 7.16. The number of anilines is 1. The number of nitrogens with two attached hydrogens (primary N) is 1. The van der Waals surface area contributed by atoms with Crippen molar-refractivity contribution in [3.05, 3.63) is 31.0 Å². The lowest BCUT2D eigenvalue weighted by Crippen LogP contribution is -1.92. The third-order valence-corrected chi connectivity index (χ3v) is 2.25. The summed E-state index contributed by atoms with van der Waals surface area (Å²) in [5.41, 5.74) is 5.49. The first-order valence-electron chi connectivity index (χ1n) is 3.86. The highest BCUT2D eigenvalue weighted by Crippen LogP contribution is 2.22. The summed E-state index contributed by atoms with van der Waals surface area (Å²) in [6.07, 6.45) is 6.31. The van der Waals surface area contributed by atoms with Crippen LogP contribution < -0.4 is 5.73 Å². The van der Waals surface area contributed by atoms with E-state index in [9.17, 15) is 0 Å². The van der Waals surface area contributed by atoms with Crippen molar-refractivity contribution in [3.63, 3.8) is 0 Å². The van der Waals surface area contributed by atoms with Gasteiger partial charge in [0.15, 0.2) is 0 Å². The molecule has 0 spiro atoms. The normalized spacial score (nSPS) is 10.0. The van der Waals surface area contributed by atoms with E-state index >= 15 is 0 Å². The van der Waals surface area contributed by atoms with Crippen molar-refractivity contribution in [1.29, 1.82) is 0 Å². The number of rotatable bonds is 2. The summed E-state index contributed by atoms with van der Waals surface area (Å²) in [5.74, 6) is 0.407. The van der Waals surface area contributed by atoms with E-state index in [4.69, 9.17) is 5.73 Å². The van der Waals surface area contributed by atoms with Crippen molar-refractivity contribution in [3.8, 4) is 0 Å². The van der Waals surface area contributed by atoms with Crippen LogP contribution in [0.5, 0.6) is 0 Å². The summed E-state index contributed by atoms with van der Waals surface area (Å²) in [4.78, 5) is 15.9. The van der Waals surface area contributed by atoms with Gasteiger partial charge in [-0.1, -0.05) is 0 Å². The Balaban J connectivity index is 2.19. The largest absolute Gasteiger partial charge is 0.382 e. The molecule has 14 heavy (non-hydrogen) atoms. The summed E-state index contributed by atoms with van der Waals surface area (Å²) in [7, 11) is 0. The van der Waals surface area contributed by atoms with Crippen LogP contribution in [0.15, 0.2) is 41.0 Å². The molecule has 0 unspecified atom stereocenters. The van der Waals surface area contributed by atoms with Crippen LogP contribution in [0, 0.1) is 0 Å². The smallest absolute Gasteiger partial charge is 0.143 e. The average molecular weight is 205 g/mol. The fourth-order valence-electron chi connectivity index (χ4n) is 0.858. The number of hydrogen-bond acceptors (Lipinski definition) is 6. The van der Waals surface area contributed by atoms with Crippen molar-refractivity contribution >= 4 is 17.6 Å². The molecule has 2 heterocycles. The first-order chi connectivity index (χ1) is 6.84. The Morgan fingerprint density at radius 2 is 2.07 bits per heavy atom. The molecule has 2 aromatic rings. The third-order valence-electron chi connectivity index (χ3n) is 1.40. The summed E-state index contributed by atoms with van der Waals surface area (Å²) >= 11 is 1.40. The molecule has 0 saturated heterocycles. The van der Waals surface area contributed by atoms with Crippen LogP contribution >= 0.6 is 11.8 Å². The zero-order valence-corrected chi connectivity index (χ0v) is 7.98. The predicted octanol–water partition coefficient (Wildman–Crippen LogP) is 1.00. The maximum atomic E-state index is 5.49. The molecule has 5 nitrogen and oxygen atoms in total. The molecule has 0 aliphatic heterocycles. The third kappa shape index (κ3) is 2.17. The lowest BCUT2D eigenvalue weighted by Gasteiger charge is -1.98. The van der Waals surface area contributed by atoms with E-state index in [1.807, 2.05) is 0 Å². The lowest BCUT2D eigenvalue weighted by molar-refractivity contribution is 1.02. The summed E-state index contributed by atoms with van der Waals surface area (Å²) in [5, 5.41) is 1.55. The molecule has 0 atom stereocenters. The van der Waals surface area contributed by atoms with E-state index in [2.05, 4.69) is 19.9 Å². The standard InChI is InChI=1S/C8H7N5S/c9-6-3-11-4-8(13-6)14-7-1-2-10-5-12-7/h1-5H,(H2,9,13). The number of nitrogen functional groups attached to an aromatic ring is 1. The maximum absolute atomic E-state index is 5.49. The van der Waals surface area contributed by atoms with Crippen LogP contribution in [0.2, 0.25) is 0 Å². The molecule has 0 aromatic carbocycles. The van der Waals surface area contributed by atoms with E-state index in [0.29, 0.717) is 5.82 Å². The summed E-state index contributed by atoms with van der Waals surface area (Å²) in [6, 6.07) is 1.80. The molecule has 0 aliphatic carbocycles. The summed E-state index contributed by atoms with van der Waals surface area (Å²) < 4.78 is 0. The van der Waals surface area contributed by atoms with Crippen molar-refractivity contribution in [2.24, 2.45) is 0 Å². The number of nitrogens with zero attached hydrogens (tertiary/aromatic N) is 4. The van der Waals surface area contributed by atoms with Crippen LogP contribution in [0.3, 0.4) is 0 Å². The second kappa shape index (κ2) is 4.01. The highest BCUT2D eigenvalue weighted by atomic mass is 32.2. The van der Waals surface area contributed by atoms with Gasteiger partial charge in [0.2, 0.25) is 0 Å². The van der Waals surface area contributed by atoms with E-state index in [0.717, 1.165) is 10.1 Å². The quantitative estimate of drug-likeness (QED) is 0.737. The molecule has 0 amide bonds. The van der Waals surface area contributed by atoms with Crippen molar-refractivity contribution in [1.82, 2.24) is 19.9 Å². The van der Waals surface area contributed by atoms with Gasteiger partial charge >= 0.3 is 0 Å². The SMILES string of the molecule is Nc1cncc(Sc2ccncn2)n1. The number of aromatic nitrogens is 4. The molecule has 2 aromatic heterocycles. The topological polar surface area (TPSA) is 77.6 Å². The van der Waals surface area contributed by atoms with E-state index in [1.165, 1.54) is 24.3 Å². The van der Waals surface area contributed by atoms with Crippen LogP contribution in [0.4, 0.5) is 5.82 Å². The highest BCUT2D eigenvalue weighted by molar-refractivity contribution is 7.99. The highest BCUT2D eigenvalue weighted by Gasteiger charge is 1.99. The Bertz CT molecular complexity index is 419. The van der Waals surface area contributed by atoms with Gasteiger partial charge in [0.05, 0.1) is 12.4 Å². The molecule has 0 radical (unpaired) electrons. The molecule has 0 aliphatic rings. The number of hydrogen-bond donors (Lipinski definition) is 1. The zero-order chi connectivity index (χ0) is 9.80. The minimum Gasteiger partial charge on any atom is -0.382 e. The Hall–Kier alpha value is -1.69. The van der Waals surface area contributed by atoms with Gasteiger partial charge in [-0.3, -0.25) is 4.98 Å². The van der Waals surface area contributed by atoms with Gasteiger partial charge in [0, 0.05) is 6.20 Å². The second-order valence-electron chi connectivity index (χ2n) is 2.43. The molecule has 0 fully saturated rings. The molecule has 2 rings (SSSR count). The van der Waals surface area contributed by atoms with Crippen molar-refractivity contribution < 1.29 is 0 Å². The van der Waals surface area contributed by atoms with E-state index < -0.39 is 0 Å². The van der Waals surface area contributed by atoms with Crippen molar-refractivity contribution in [2.75, 3.05) is 5.73 Å². The van der Waals surface area contributed by atoms with Gasteiger partial charge in [0.1, 0.15) is 22.2 Å². The van der Waals surface area contributed by atoms with Gasteiger partial charge in [-0.05, 0) is 17.8 Å². The predicted molar refractivity (Wildman–Crippen MR) is 52.6 cm³/mol. The van der Waals surface area contributed by atoms with E-state index in [-0.39, 0.29) is 0 Å². The van der Waals surface area contributed by atoms with Crippen molar-refractivity contribution in [2.45, 2.75) is 10.1 Å². The fourth-order valence-corrected chi connectivity index (χ4v) is 1.57. The van der Waals surface area contributed by atoms with Gasteiger partial charge in [-0.25, -0.2) is 15.0 Å². The van der Waals surface area contributed by atoms with Crippen LogP contribution in [0.25, 0.3) is 0 Å². The molecule has 6 heteroatoms. The Labute approximate surface area is 84.8 Å². The Morgan fingerprint density at radius 3 is 2.79 bits per heavy atom. The Kier molecular flexibility index (Phi) is 2.55. The second-order valence-corrected chi connectivity index (χ2v) is 3.47. The van der Waals surface area contributed by atoms with Gasteiger partial charge in [-0.2, -0.15) is 0 Å². The van der Waals surface area contributed by atoms with Gasteiger partial charge in [-0.15, -0.1) is 0 Å². The maximum Gasteiger partial charge on any atom is 0.143 e. The van der Waals surface area contributed by atoms with Gasteiger partial charge in [0.25, 0.3) is 0 Å². The minimum absolute atomic E-state index is 0.407. The first-order valence-corrected chi connectivity index (χ1v) is 4.67. The lowest BCUT2D eigenvalue weighted by atomic mass is 10.7. The monoisotopic (exact) mass is 205 g/mol. The molecular formula is C8H7N5S.